The van der Waals surface area contributed by atoms with Crippen LogP contribution in [0.4, 0.5) is 0 Å². The Bertz CT molecular complexity index is 1120. The number of imide groups is 1. The number of carbonyl (C=O) groups is 7. The lowest BCUT2D eigenvalue weighted by Crippen LogP contribution is -2.50. The third kappa shape index (κ3) is 28.9. The number of aldehydes is 2. The molecule has 2 atom stereocenters. The Balaban J connectivity index is 2.27. The van der Waals surface area contributed by atoms with Crippen molar-refractivity contribution in [2.24, 2.45) is 0 Å². The van der Waals surface area contributed by atoms with Gasteiger partial charge in [0.05, 0.1) is 111 Å². The van der Waals surface area contributed by atoms with Gasteiger partial charge in [0, 0.05) is 57.7 Å². The van der Waals surface area contributed by atoms with Gasteiger partial charge in [0.1, 0.15) is 25.2 Å². The number of hydrogen-bond acceptors (Lipinski definition) is 17. The fourth-order valence-electron chi connectivity index (χ4n) is 4.56. The summed E-state index contributed by atoms with van der Waals surface area (Å²) in [7, 11) is 0. The Kier molecular flexibility index (Phi) is 33.8. The average molecular weight is 839 g/mol. The van der Waals surface area contributed by atoms with Crippen LogP contribution in [0.1, 0.15) is 32.6 Å². The highest BCUT2D eigenvalue weighted by Crippen LogP contribution is 2.26. The molecule has 0 aromatic heterocycles. The highest BCUT2D eigenvalue weighted by molar-refractivity contribution is 8.00. The summed E-state index contributed by atoms with van der Waals surface area (Å²) in [6, 6.07) is -1.01. The normalized spacial score (nSPS) is 14.5. The van der Waals surface area contributed by atoms with Crippen LogP contribution >= 0.6 is 11.8 Å². The van der Waals surface area contributed by atoms with E-state index in [1.807, 2.05) is 0 Å². The fraction of sp³-hybridized carbons (Fsp3) is 0.806. The van der Waals surface area contributed by atoms with Crippen molar-refractivity contribution in [3.8, 4) is 0 Å². The first kappa shape index (κ1) is 51.9. The summed E-state index contributed by atoms with van der Waals surface area (Å²) < 4.78 is 48.0. The molecule has 20 nitrogen and oxygen atoms in total. The van der Waals surface area contributed by atoms with Crippen molar-refractivity contribution in [2.75, 3.05) is 144 Å². The number of ether oxygens (including phenoxy) is 9. The Hall–Kier alpha value is -3.12. The van der Waals surface area contributed by atoms with Gasteiger partial charge in [-0.2, -0.15) is 0 Å². The molecule has 1 heterocycles. The number of carbonyl (C=O) groups excluding carboxylic acids is 7. The molecule has 0 aromatic rings. The highest BCUT2D eigenvalue weighted by Gasteiger charge is 2.39. The fourth-order valence-corrected chi connectivity index (χ4v) is 5.75. The molecule has 3 N–H and O–H groups in total. The van der Waals surface area contributed by atoms with Crippen LogP contribution in [-0.4, -0.2) is 203 Å². The summed E-state index contributed by atoms with van der Waals surface area (Å²) >= 11 is 1.08. The van der Waals surface area contributed by atoms with Crippen LogP contribution in [0.5, 0.6) is 0 Å². The van der Waals surface area contributed by atoms with E-state index in [1.54, 1.807) is 6.92 Å². The van der Waals surface area contributed by atoms with E-state index in [-0.39, 0.29) is 70.6 Å². The first-order chi connectivity index (χ1) is 27.8. The van der Waals surface area contributed by atoms with Crippen LogP contribution in [0, 0.1) is 0 Å². The van der Waals surface area contributed by atoms with Gasteiger partial charge >= 0.3 is 0 Å². The quantitative estimate of drug-likeness (QED) is 0.0353. The van der Waals surface area contributed by atoms with Gasteiger partial charge in [-0.25, -0.2) is 0 Å². The number of thioether (sulfide) groups is 1. The van der Waals surface area contributed by atoms with Gasteiger partial charge in [-0.05, 0) is 6.92 Å². The Morgan fingerprint density at radius 2 is 1.12 bits per heavy atom. The largest absolute Gasteiger partial charge is 0.379 e. The number of hydrogen-bond donors (Lipinski definition) is 3. The van der Waals surface area contributed by atoms with Crippen molar-refractivity contribution >= 4 is 53.9 Å². The molecule has 1 unspecified atom stereocenters. The van der Waals surface area contributed by atoms with Gasteiger partial charge in [-0.1, -0.05) is 0 Å². The molecule has 0 aromatic carbocycles. The molecule has 1 rings (SSSR count). The van der Waals surface area contributed by atoms with E-state index >= 15 is 0 Å². The molecule has 328 valence electrons. The molecule has 1 saturated heterocycles. The minimum Gasteiger partial charge on any atom is -0.379 e. The maximum atomic E-state index is 13.1. The van der Waals surface area contributed by atoms with Gasteiger partial charge in [0.2, 0.25) is 29.5 Å². The van der Waals surface area contributed by atoms with Gasteiger partial charge in [0.25, 0.3) is 0 Å². The summed E-state index contributed by atoms with van der Waals surface area (Å²) in [6.07, 6.45) is 2.14. The first-order valence-electron chi connectivity index (χ1n) is 19.2. The minimum atomic E-state index is -1.01. The Morgan fingerprint density at radius 1 is 0.667 bits per heavy atom. The van der Waals surface area contributed by atoms with Crippen LogP contribution in [0.3, 0.4) is 0 Å². The second-order valence-corrected chi connectivity index (χ2v) is 13.1. The summed E-state index contributed by atoms with van der Waals surface area (Å²) in [5.41, 5.74) is 0. The molecular formula is C36H62N4O16S. The molecule has 1 aliphatic heterocycles. The van der Waals surface area contributed by atoms with Gasteiger partial charge < -0.3 is 68.2 Å². The lowest BCUT2D eigenvalue weighted by molar-refractivity contribution is -0.138. The van der Waals surface area contributed by atoms with Crippen molar-refractivity contribution in [1.82, 2.24) is 20.9 Å². The monoisotopic (exact) mass is 838 g/mol. The van der Waals surface area contributed by atoms with E-state index in [0.717, 1.165) is 29.2 Å². The molecular weight excluding hydrogens is 776 g/mol. The lowest BCUT2D eigenvalue weighted by atomic mass is 10.3. The Morgan fingerprint density at radius 3 is 1.60 bits per heavy atom. The number of nitrogens with one attached hydrogen (secondary N) is 3. The number of rotatable bonds is 41. The predicted molar refractivity (Wildman–Crippen MR) is 205 cm³/mol. The third-order valence-corrected chi connectivity index (χ3v) is 8.72. The number of likely N-dealkylation sites (tertiary alicyclic amines) is 1. The predicted octanol–water partition coefficient (Wildman–Crippen LogP) is -1.70. The SMILES string of the molecule is CCOCC(=O)N[C@@H](CSC1CC(=O)N(CCC(=O)NCCOCCOCCOCCOCCC=O)C1=O)C(=O)NCCOCCOCCOCCOCCC=O. The molecule has 1 aliphatic rings. The van der Waals surface area contributed by atoms with Crippen LogP contribution in [0.25, 0.3) is 0 Å². The molecule has 0 aliphatic carbocycles. The van der Waals surface area contributed by atoms with Crippen molar-refractivity contribution in [3.05, 3.63) is 0 Å². The molecule has 0 spiro atoms. The van der Waals surface area contributed by atoms with Crippen LogP contribution in [0.2, 0.25) is 0 Å². The van der Waals surface area contributed by atoms with E-state index in [9.17, 15) is 33.6 Å². The number of nitrogens with zero attached hydrogens (tertiary/aromatic N) is 1. The van der Waals surface area contributed by atoms with Crippen LogP contribution < -0.4 is 16.0 Å². The number of amides is 5. The maximum absolute atomic E-state index is 13.1. The zero-order valence-electron chi connectivity index (χ0n) is 33.1. The van der Waals surface area contributed by atoms with E-state index in [0.29, 0.717) is 105 Å². The molecule has 21 heteroatoms. The Labute approximate surface area is 338 Å². The molecule has 0 saturated carbocycles. The summed E-state index contributed by atoms with van der Waals surface area (Å²) in [4.78, 5) is 84.9. The standard InChI is InChI=1S/C36H62N4O16S/c1-2-48-28-33(44)39-30(35(46)38-7-14-52-18-22-56-26-24-54-20-16-50-12-4-10-42)29-57-31-27-34(45)40(36(31)47)8-5-32(43)37-6-13-51-17-21-55-25-23-53-19-15-49-11-3-9-41/h9-10,30-31H,2-8,11-29H2,1H3,(H,37,43)(H,38,46)(H,39,44)/t30-,31?/m0/s1. The second kappa shape index (κ2) is 37.2. The summed E-state index contributed by atoms with van der Waals surface area (Å²) in [6.45, 7) is 7.76. The van der Waals surface area contributed by atoms with E-state index in [1.165, 1.54) is 0 Å². The average Bonchev–Trinajstić information content (AvgIpc) is 3.48. The highest BCUT2D eigenvalue weighted by atomic mass is 32.2. The van der Waals surface area contributed by atoms with Crippen molar-refractivity contribution in [3.63, 3.8) is 0 Å². The van der Waals surface area contributed by atoms with Crippen molar-refractivity contribution in [1.29, 1.82) is 0 Å². The van der Waals surface area contributed by atoms with Crippen LogP contribution in [0.15, 0.2) is 0 Å². The lowest BCUT2D eigenvalue weighted by Gasteiger charge is -2.20. The van der Waals surface area contributed by atoms with Gasteiger partial charge in [0.15, 0.2) is 0 Å². The van der Waals surface area contributed by atoms with Crippen molar-refractivity contribution in [2.45, 2.75) is 43.9 Å². The zero-order valence-corrected chi connectivity index (χ0v) is 33.9. The first-order valence-corrected chi connectivity index (χ1v) is 20.2. The molecule has 1 fully saturated rings. The zero-order chi connectivity index (χ0) is 41.6. The molecule has 0 radical (unpaired) electrons. The third-order valence-electron chi connectivity index (χ3n) is 7.42. The van der Waals surface area contributed by atoms with Gasteiger partial charge in [-0.3, -0.25) is 28.9 Å². The smallest absolute Gasteiger partial charge is 0.246 e. The molecule has 0 bridgehead atoms. The molecule has 5 amide bonds. The molecule has 57 heavy (non-hydrogen) atoms. The van der Waals surface area contributed by atoms with E-state index < -0.39 is 34.9 Å². The van der Waals surface area contributed by atoms with E-state index in [2.05, 4.69) is 16.0 Å². The van der Waals surface area contributed by atoms with Gasteiger partial charge in [-0.15, -0.1) is 11.8 Å². The summed E-state index contributed by atoms with van der Waals surface area (Å²) in [5, 5.41) is 7.25. The summed E-state index contributed by atoms with van der Waals surface area (Å²) in [5.74, 6) is -2.21. The van der Waals surface area contributed by atoms with E-state index in [4.69, 9.17) is 42.6 Å². The van der Waals surface area contributed by atoms with Crippen molar-refractivity contribution < 1.29 is 76.2 Å². The minimum absolute atomic E-state index is 0.0157. The topological polar surface area (TPSA) is 242 Å². The second-order valence-electron chi connectivity index (χ2n) is 11.9. The van der Waals surface area contributed by atoms with Crippen LogP contribution in [-0.2, 0) is 76.2 Å². The maximum Gasteiger partial charge on any atom is 0.246 e.